The lowest BCUT2D eigenvalue weighted by Crippen LogP contribution is -2.21. The first kappa shape index (κ1) is 13.2. The van der Waals surface area contributed by atoms with Gasteiger partial charge in [-0.1, -0.05) is 12.1 Å². The summed E-state index contributed by atoms with van der Waals surface area (Å²) in [5, 5.41) is 3.93. The van der Waals surface area contributed by atoms with Gasteiger partial charge in [0, 0.05) is 16.9 Å². The van der Waals surface area contributed by atoms with Crippen molar-refractivity contribution in [3.63, 3.8) is 0 Å². The Morgan fingerprint density at radius 1 is 1.53 bits per heavy atom. The molecule has 92 valence electrons. The van der Waals surface area contributed by atoms with Crippen LogP contribution in [0, 0.1) is 0 Å². The van der Waals surface area contributed by atoms with E-state index in [2.05, 4.69) is 42.0 Å². The van der Waals surface area contributed by atoms with Crippen LogP contribution in [0.25, 0.3) is 10.8 Å². The van der Waals surface area contributed by atoms with Crippen molar-refractivity contribution in [2.45, 2.75) is 25.8 Å². The summed E-state index contributed by atoms with van der Waals surface area (Å²) in [5.74, 6) is 1.20. The molecule has 0 saturated heterocycles. The molecule has 0 radical (unpaired) electrons. The van der Waals surface area contributed by atoms with Crippen LogP contribution in [-0.2, 0) is 6.42 Å². The first-order valence-corrected chi connectivity index (χ1v) is 7.53. The molecule has 17 heavy (non-hydrogen) atoms. The fraction of sp³-hybridized carbons (Fsp3) is 0.400. The van der Waals surface area contributed by atoms with E-state index >= 15 is 0 Å². The molecule has 2 N–H and O–H groups in total. The van der Waals surface area contributed by atoms with Crippen LogP contribution in [0.1, 0.15) is 19.2 Å². The van der Waals surface area contributed by atoms with E-state index < -0.39 is 0 Å². The average Bonchev–Trinajstić information content (AvgIpc) is 2.87. The van der Waals surface area contributed by atoms with E-state index in [1.165, 1.54) is 0 Å². The third-order valence-electron chi connectivity index (χ3n) is 2.29. The third kappa shape index (κ3) is 3.15. The van der Waals surface area contributed by atoms with Crippen molar-refractivity contribution in [2.24, 2.45) is 5.73 Å². The van der Waals surface area contributed by atoms with E-state index in [1.54, 1.807) is 11.3 Å². The van der Waals surface area contributed by atoms with Crippen molar-refractivity contribution < 1.29 is 4.52 Å². The lowest BCUT2D eigenvalue weighted by Gasteiger charge is -2.02. The molecule has 2 aromatic heterocycles. The number of aromatic nitrogens is 2. The number of hydrogen-bond donors (Lipinski definition) is 1. The predicted molar refractivity (Wildman–Crippen MR) is 75.0 cm³/mol. The van der Waals surface area contributed by atoms with Crippen LogP contribution in [-0.4, -0.2) is 16.2 Å². The predicted octanol–water partition coefficient (Wildman–Crippen LogP) is 3.60. The van der Waals surface area contributed by atoms with Crippen LogP contribution < -0.4 is 5.73 Å². The largest absolute Gasteiger partial charge is 0.333 e. The lowest BCUT2D eigenvalue weighted by molar-refractivity contribution is 0.420. The second-order valence-electron chi connectivity index (χ2n) is 3.62. The second kappa shape index (κ2) is 5.60. The van der Waals surface area contributed by atoms with Gasteiger partial charge >= 0.3 is 0 Å². The summed E-state index contributed by atoms with van der Waals surface area (Å²) in [4.78, 5) is 5.27. The molecule has 0 aliphatic heterocycles. The van der Waals surface area contributed by atoms with Gasteiger partial charge in [-0.25, -0.2) is 0 Å². The first-order chi connectivity index (χ1) is 8.10. The fourth-order valence-electron chi connectivity index (χ4n) is 1.27. The van der Waals surface area contributed by atoms with E-state index in [0.29, 0.717) is 18.1 Å². The molecule has 0 aliphatic carbocycles. The number of thiophene rings is 1. The van der Waals surface area contributed by atoms with Crippen LogP contribution in [0.2, 0.25) is 0 Å². The maximum atomic E-state index is 5.85. The van der Waals surface area contributed by atoms with Gasteiger partial charge in [-0.05, 0) is 44.3 Å². The van der Waals surface area contributed by atoms with Gasteiger partial charge in [-0.15, -0.1) is 11.3 Å². The molecule has 0 bridgehead atoms. The van der Waals surface area contributed by atoms with Crippen LogP contribution in [0.5, 0.6) is 0 Å². The Kier molecular flexibility index (Phi) is 4.35. The summed E-state index contributed by atoms with van der Waals surface area (Å²) >= 11 is 8.41. The molecular weight excluding hydrogens is 370 g/mol. The van der Waals surface area contributed by atoms with E-state index in [0.717, 1.165) is 19.6 Å². The van der Waals surface area contributed by atoms with E-state index in [9.17, 15) is 0 Å². The fourth-order valence-corrected chi connectivity index (χ4v) is 3.23. The van der Waals surface area contributed by atoms with Crippen LogP contribution in [0.4, 0.5) is 0 Å². The van der Waals surface area contributed by atoms with Gasteiger partial charge in [0.1, 0.15) is 0 Å². The molecule has 0 aromatic carbocycles. The Labute approximate surface area is 120 Å². The Morgan fingerprint density at radius 3 is 2.88 bits per heavy atom. The zero-order valence-corrected chi connectivity index (χ0v) is 13.1. The van der Waals surface area contributed by atoms with Gasteiger partial charge in [-0.2, -0.15) is 4.98 Å². The Balaban J connectivity index is 2.18. The van der Waals surface area contributed by atoms with E-state index in [1.807, 2.05) is 13.0 Å². The Morgan fingerprint density at radius 2 is 2.29 bits per heavy atom. The molecule has 0 saturated carbocycles. The molecule has 1 atom stereocenters. The summed E-state index contributed by atoms with van der Waals surface area (Å²) in [6.07, 6.45) is 1.55. The van der Waals surface area contributed by atoms with Crippen molar-refractivity contribution in [2.75, 3.05) is 0 Å². The highest BCUT2D eigenvalue weighted by atomic mass is 79.9. The molecular formula is C10H11Br2N3OS. The molecule has 1 unspecified atom stereocenters. The van der Waals surface area contributed by atoms with Crippen LogP contribution >= 0.6 is 43.2 Å². The van der Waals surface area contributed by atoms with Crippen molar-refractivity contribution in [1.29, 1.82) is 0 Å². The second-order valence-corrected chi connectivity index (χ2v) is 6.84. The monoisotopic (exact) mass is 379 g/mol. The zero-order valence-electron chi connectivity index (χ0n) is 9.11. The third-order valence-corrected chi connectivity index (χ3v) is 5.54. The number of nitrogens with zero attached hydrogens (tertiary/aromatic N) is 2. The zero-order chi connectivity index (χ0) is 12.4. The average molecular weight is 381 g/mol. The topological polar surface area (TPSA) is 64.9 Å². The summed E-state index contributed by atoms with van der Waals surface area (Å²) < 4.78 is 7.22. The maximum Gasteiger partial charge on any atom is 0.268 e. The number of halogens is 2. The van der Waals surface area contributed by atoms with Gasteiger partial charge in [0.05, 0.1) is 8.66 Å². The smallest absolute Gasteiger partial charge is 0.268 e. The number of nitrogens with two attached hydrogens (primary N) is 1. The molecule has 2 rings (SSSR count). The molecule has 0 fully saturated rings. The van der Waals surface area contributed by atoms with Crippen molar-refractivity contribution >= 4 is 43.2 Å². The quantitative estimate of drug-likeness (QED) is 0.879. The van der Waals surface area contributed by atoms with Crippen LogP contribution in [0.15, 0.2) is 18.8 Å². The van der Waals surface area contributed by atoms with Gasteiger partial charge in [0.15, 0.2) is 5.82 Å². The highest BCUT2D eigenvalue weighted by Gasteiger charge is 2.14. The van der Waals surface area contributed by atoms with Crippen molar-refractivity contribution in [1.82, 2.24) is 10.1 Å². The molecule has 0 spiro atoms. The van der Waals surface area contributed by atoms with Gasteiger partial charge < -0.3 is 10.3 Å². The molecule has 0 aliphatic rings. The van der Waals surface area contributed by atoms with Crippen molar-refractivity contribution in [3.8, 4) is 10.8 Å². The SMILES string of the molecule is CCC(N)Cc1noc(-c2cc(Br)c(Br)s2)n1. The molecule has 7 heteroatoms. The molecule has 0 amide bonds. The summed E-state index contributed by atoms with van der Waals surface area (Å²) in [5.41, 5.74) is 5.85. The van der Waals surface area contributed by atoms with E-state index in [-0.39, 0.29) is 6.04 Å². The summed E-state index contributed by atoms with van der Waals surface area (Å²) in [7, 11) is 0. The Bertz CT molecular complexity index is 492. The van der Waals surface area contributed by atoms with E-state index in [4.69, 9.17) is 10.3 Å². The van der Waals surface area contributed by atoms with Crippen LogP contribution in [0.3, 0.4) is 0 Å². The standard InChI is InChI=1S/C10H11Br2N3OS/c1-2-5(13)3-8-14-10(16-15-8)7-4-6(11)9(12)17-7/h4-5H,2-3,13H2,1H3. The maximum absolute atomic E-state index is 5.85. The minimum Gasteiger partial charge on any atom is -0.333 e. The lowest BCUT2D eigenvalue weighted by atomic mass is 10.2. The van der Waals surface area contributed by atoms with Gasteiger partial charge in [-0.3, -0.25) is 0 Å². The first-order valence-electron chi connectivity index (χ1n) is 5.13. The summed E-state index contributed by atoms with van der Waals surface area (Å²) in [6.45, 7) is 2.04. The number of hydrogen-bond acceptors (Lipinski definition) is 5. The highest BCUT2D eigenvalue weighted by molar-refractivity contribution is 9.13. The van der Waals surface area contributed by atoms with Gasteiger partial charge in [0.25, 0.3) is 5.89 Å². The number of rotatable bonds is 4. The highest BCUT2D eigenvalue weighted by Crippen LogP contribution is 2.37. The minimum atomic E-state index is 0.0854. The van der Waals surface area contributed by atoms with Gasteiger partial charge in [0.2, 0.25) is 0 Å². The normalized spacial score (nSPS) is 12.9. The summed E-state index contributed by atoms with van der Waals surface area (Å²) in [6, 6.07) is 2.04. The Hall–Kier alpha value is -0.240. The molecule has 2 heterocycles. The minimum absolute atomic E-state index is 0.0854. The van der Waals surface area contributed by atoms with Crippen molar-refractivity contribution in [3.05, 3.63) is 20.1 Å². The molecule has 2 aromatic rings. The molecule has 4 nitrogen and oxygen atoms in total.